The fourth-order valence-electron chi connectivity index (χ4n) is 4.54. The third kappa shape index (κ3) is 3.63. The first-order valence-electron chi connectivity index (χ1n) is 9.60. The van der Waals surface area contributed by atoms with E-state index in [0.29, 0.717) is 23.1 Å². The Kier molecular flexibility index (Phi) is 5.99. The minimum atomic E-state index is -0.0405. The maximum absolute atomic E-state index is 13.3. The summed E-state index contributed by atoms with van der Waals surface area (Å²) < 4.78 is 0. The van der Waals surface area contributed by atoms with Gasteiger partial charge in [0.2, 0.25) is 0 Å². The molecule has 26 heavy (non-hydrogen) atoms. The number of benzene rings is 1. The zero-order valence-electron chi connectivity index (χ0n) is 15.4. The van der Waals surface area contributed by atoms with Gasteiger partial charge in [0, 0.05) is 29.9 Å². The molecule has 1 aromatic carbocycles. The smallest absolute Gasteiger partial charge is 0.261 e. The Bertz CT molecular complexity index is 724. The highest BCUT2D eigenvalue weighted by molar-refractivity contribution is 6.16. The number of carbonyl (C=O) groups excluding carboxylic acids is 2. The predicted molar refractivity (Wildman–Crippen MR) is 102 cm³/mol. The fourth-order valence-corrected chi connectivity index (χ4v) is 4.54. The number of hydrogen-bond acceptors (Lipinski definition) is 3. The van der Waals surface area contributed by atoms with Gasteiger partial charge in [-0.15, -0.1) is 0 Å². The predicted octanol–water partition coefficient (Wildman–Crippen LogP) is 2.23. The summed E-state index contributed by atoms with van der Waals surface area (Å²) in [5, 5.41) is 9.77. The van der Waals surface area contributed by atoms with Gasteiger partial charge >= 0.3 is 0 Å². The summed E-state index contributed by atoms with van der Waals surface area (Å²) >= 11 is 0. The number of nitrogens with one attached hydrogen (secondary N) is 1. The zero-order chi connectivity index (χ0) is 18.5. The quantitative estimate of drug-likeness (QED) is 0.483. The average molecular weight is 354 g/mol. The van der Waals surface area contributed by atoms with Gasteiger partial charge in [-0.2, -0.15) is 0 Å². The number of nitrogens with zero attached hydrogens (tertiary/aromatic N) is 1. The van der Waals surface area contributed by atoms with Gasteiger partial charge in [0.05, 0.1) is 7.05 Å². The second-order valence-electron chi connectivity index (χ2n) is 7.26. The molecular weight excluding hydrogens is 326 g/mol. The molecule has 1 aromatic rings. The molecule has 0 bridgehead atoms. The molecular formula is C21H28N3O2+. The maximum atomic E-state index is 13.3. The van der Waals surface area contributed by atoms with Crippen molar-refractivity contribution in [2.24, 2.45) is 5.92 Å². The van der Waals surface area contributed by atoms with Crippen LogP contribution in [0.2, 0.25) is 0 Å². The maximum Gasteiger partial charge on any atom is 0.261 e. The molecule has 2 fully saturated rings. The van der Waals surface area contributed by atoms with Gasteiger partial charge in [-0.25, -0.2) is 0 Å². The van der Waals surface area contributed by atoms with Crippen molar-refractivity contribution >= 4 is 24.1 Å². The topological polar surface area (TPSA) is 77.8 Å². The van der Waals surface area contributed by atoms with E-state index in [1.165, 1.54) is 31.9 Å². The van der Waals surface area contributed by atoms with E-state index in [4.69, 9.17) is 5.41 Å². The number of fused-ring (bicyclic) bond motifs is 1. The van der Waals surface area contributed by atoms with Crippen LogP contribution in [0.15, 0.2) is 29.8 Å². The molecule has 2 aliphatic rings. The van der Waals surface area contributed by atoms with E-state index < -0.39 is 0 Å². The van der Waals surface area contributed by atoms with Crippen molar-refractivity contribution in [1.82, 2.24) is 4.90 Å². The number of aldehydes is 1. The second-order valence-corrected chi connectivity index (χ2v) is 7.26. The minimum absolute atomic E-state index is 0.0405. The molecule has 2 atom stereocenters. The number of carbonyl (C=O) groups is 2. The minimum Gasteiger partial charge on any atom is -0.335 e. The highest BCUT2D eigenvalue weighted by atomic mass is 16.2. The number of hydrogen-bond donors (Lipinski definition) is 2. The van der Waals surface area contributed by atoms with E-state index in [2.05, 4.69) is 0 Å². The summed E-state index contributed by atoms with van der Waals surface area (Å²) in [5.41, 5.74) is 2.53. The summed E-state index contributed by atoms with van der Waals surface area (Å²) in [6, 6.07) is 7.54. The van der Waals surface area contributed by atoms with Crippen molar-refractivity contribution in [1.29, 1.82) is 5.41 Å². The molecule has 2 unspecified atom stereocenters. The molecule has 1 amide bonds. The lowest BCUT2D eigenvalue weighted by atomic mass is 9.78. The first kappa shape index (κ1) is 18.5. The molecule has 1 saturated carbocycles. The van der Waals surface area contributed by atoms with Gasteiger partial charge in [0.1, 0.15) is 11.9 Å². The van der Waals surface area contributed by atoms with Gasteiger partial charge in [-0.3, -0.25) is 9.59 Å². The number of rotatable bonds is 5. The van der Waals surface area contributed by atoms with Crippen LogP contribution < -0.4 is 5.32 Å². The van der Waals surface area contributed by atoms with E-state index >= 15 is 0 Å². The van der Waals surface area contributed by atoms with Crippen LogP contribution in [0.4, 0.5) is 0 Å². The summed E-state index contributed by atoms with van der Waals surface area (Å²) in [4.78, 5) is 26.5. The van der Waals surface area contributed by atoms with Crippen molar-refractivity contribution < 1.29 is 14.9 Å². The lowest BCUT2D eigenvalue weighted by Crippen LogP contribution is -2.77. The normalized spacial score (nSPS) is 23.7. The van der Waals surface area contributed by atoms with E-state index in [1.807, 2.05) is 29.4 Å². The van der Waals surface area contributed by atoms with Crippen molar-refractivity contribution in [3.05, 3.63) is 41.0 Å². The number of quaternary nitrogens is 1. The number of likely N-dealkylation sites (tertiary alicyclic amines) is 1. The molecule has 1 heterocycles. The summed E-state index contributed by atoms with van der Waals surface area (Å²) in [7, 11) is 1.87. The largest absolute Gasteiger partial charge is 0.335 e. The van der Waals surface area contributed by atoms with E-state index in [0.717, 1.165) is 36.9 Å². The SMILES string of the molecule is C[NH2+]C(=C(C=N)C(=O)N1CCCC2CCCCC21)c1cccc(C=O)c1. The third-order valence-corrected chi connectivity index (χ3v) is 5.79. The van der Waals surface area contributed by atoms with Crippen molar-refractivity contribution in [3.8, 4) is 0 Å². The van der Waals surface area contributed by atoms with Crippen LogP contribution in [-0.4, -0.2) is 42.9 Å². The first-order valence-corrected chi connectivity index (χ1v) is 9.60. The molecule has 3 N–H and O–H groups in total. The molecule has 0 aromatic heterocycles. The molecule has 5 heteroatoms. The highest BCUT2D eigenvalue weighted by Gasteiger charge is 2.37. The lowest BCUT2D eigenvalue weighted by Gasteiger charge is -2.44. The Hall–Kier alpha value is -2.27. The molecule has 0 spiro atoms. The van der Waals surface area contributed by atoms with Crippen LogP contribution in [0, 0.1) is 11.3 Å². The number of piperidine rings is 1. The fraction of sp³-hybridized carbons (Fsp3) is 0.476. The van der Waals surface area contributed by atoms with Gasteiger partial charge in [-0.05, 0) is 43.7 Å². The van der Waals surface area contributed by atoms with Crippen molar-refractivity contribution in [2.75, 3.05) is 13.6 Å². The van der Waals surface area contributed by atoms with Gasteiger partial charge in [-0.1, -0.05) is 25.0 Å². The van der Waals surface area contributed by atoms with Gasteiger partial charge in [0.25, 0.3) is 5.91 Å². The summed E-state index contributed by atoms with van der Waals surface area (Å²) in [6.07, 6.45) is 8.99. The Morgan fingerprint density at radius 2 is 2.00 bits per heavy atom. The highest BCUT2D eigenvalue weighted by Crippen LogP contribution is 2.36. The molecule has 138 valence electrons. The lowest BCUT2D eigenvalue weighted by molar-refractivity contribution is -0.530. The second kappa shape index (κ2) is 8.41. The van der Waals surface area contributed by atoms with Crippen molar-refractivity contribution in [3.63, 3.8) is 0 Å². The van der Waals surface area contributed by atoms with Crippen LogP contribution in [0.1, 0.15) is 54.4 Å². The molecule has 1 saturated heterocycles. The van der Waals surface area contributed by atoms with Crippen LogP contribution >= 0.6 is 0 Å². The van der Waals surface area contributed by atoms with Crippen LogP contribution in [0.3, 0.4) is 0 Å². The van der Waals surface area contributed by atoms with Gasteiger partial charge in [0.15, 0.2) is 5.70 Å². The van der Waals surface area contributed by atoms with E-state index in [1.54, 1.807) is 12.1 Å². The van der Waals surface area contributed by atoms with Crippen LogP contribution in [0.25, 0.3) is 5.70 Å². The average Bonchev–Trinajstić information content (AvgIpc) is 2.71. The zero-order valence-corrected chi connectivity index (χ0v) is 15.4. The van der Waals surface area contributed by atoms with E-state index in [-0.39, 0.29) is 5.91 Å². The number of nitrogens with two attached hydrogens (primary N) is 1. The third-order valence-electron chi connectivity index (χ3n) is 5.79. The van der Waals surface area contributed by atoms with Crippen LogP contribution in [-0.2, 0) is 4.79 Å². The number of amides is 1. The first-order chi connectivity index (χ1) is 12.7. The standard InChI is InChI=1S/C21H27N3O2/c1-23-20(17-8-4-6-15(12-17)14-25)18(13-22)21(26)24-11-5-9-16-7-2-3-10-19(16)24/h4,6,8,12-14,16,19,22-23H,2-3,5,7,9-11H2,1H3/p+1. The van der Waals surface area contributed by atoms with Gasteiger partial charge < -0.3 is 15.6 Å². The molecule has 1 aliphatic carbocycles. The Labute approximate surface area is 155 Å². The van der Waals surface area contributed by atoms with Crippen molar-refractivity contribution in [2.45, 2.75) is 44.6 Å². The monoisotopic (exact) mass is 354 g/mol. The molecule has 0 radical (unpaired) electrons. The molecule has 3 rings (SSSR count). The Morgan fingerprint density at radius 1 is 1.23 bits per heavy atom. The molecule has 1 aliphatic heterocycles. The van der Waals surface area contributed by atoms with Crippen LogP contribution in [0.5, 0.6) is 0 Å². The molecule has 5 nitrogen and oxygen atoms in total. The van der Waals surface area contributed by atoms with E-state index in [9.17, 15) is 9.59 Å². The summed E-state index contributed by atoms with van der Waals surface area (Å²) in [6.45, 7) is 0.780. The Balaban J connectivity index is 1.96. The summed E-state index contributed by atoms with van der Waals surface area (Å²) in [5.74, 6) is 0.571. The Morgan fingerprint density at radius 3 is 2.73 bits per heavy atom.